The van der Waals surface area contributed by atoms with Crippen molar-refractivity contribution in [3.05, 3.63) is 27.1 Å². The molecule has 0 spiro atoms. The molecule has 0 unspecified atom stereocenters. The smallest absolute Gasteiger partial charge is 0.337 e. The average molecular weight is 263 g/mol. The average Bonchev–Trinajstić information content (AvgIpc) is 1.94. The Hall–Kier alpha value is -0.650. The highest BCUT2D eigenvalue weighted by Gasteiger charge is 2.04. The third-order valence-corrected chi connectivity index (χ3v) is 2.36. The van der Waals surface area contributed by atoms with Crippen molar-refractivity contribution < 1.29 is 9.90 Å². The Balaban J connectivity index is 3.15. The largest absolute Gasteiger partial charge is 0.478 e. The van der Waals surface area contributed by atoms with Gasteiger partial charge in [0, 0.05) is 9.77 Å². The standard InChI is InChI=1S/C7H6INO2/c1-4-6(8)2-5(3-9-4)7(10)11/h2-3H,1H3,(H,10,11). The Morgan fingerprint density at radius 3 is 2.82 bits per heavy atom. The van der Waals surface area contributed by atoms with Gasteiger partial charge in [-0.3, -0.25) is 4.98 Å². The van der Waals surface area contributed by atoms with E-state index in [2.05, 4.69) is 27.6 Å². The molecular weight excluding hydrogens is 257 g/mol. The maximum Gasteiger partial charge on any atom is 0.337 e. The van der Waals surface area contributed by atoms with Crippen molar-refractivity contribution in [2.24, 2.45) is 0 Å². The first-order valence-electron chi connectivity index (χ1n) is 2.96. The van der Waals surface area contributed by atoms with Gasteiger partial charge in [0.05, 0.1) is 11.3 Å². The second-order valence-electron chi connectivity index (χ2n) is 2.10. The summed E-state index contributed by atoms with van der Waals surface area (Å²) in [7, 11) is 0. The van der Waals surface area contributed by atoms with Crippen LogP contribution >= 0.6 is 22.6 Å². The molecule has 1 rings (SSSR count). The summed E-state index contributed by atoms with van der Waals surface area (Å²) >= 11 is 2.06. The molecule has 0 fully saturated rings. The van der Waals surface area contributed by atoms with E-state index in [0.717, 1.165) is 9.26 Å². The van der Waals surface area contributed by atoms with Gasteiger partial charge < -0.3 is 5.11 Å². The van der Waals surface area contributed by atoms with Crippen LogP contribution in [0.25, 0.3) is 0 Å². The summed E-state index contributed by atoms with van der Waals surface area (Å²) < 4.78 is 0.877. The van der Waals surface area contributed by atoms with Crippen LogP contribution < -0.4 is 0 Å². The highest BCUT2D eigenvalue weighted by atomic mass is 127. The van der Waals surface area contributed by atoms with E-state index in [1.807, 2.05) is 6.92 Å². The molecule has 0 saturated heterocycles. The van der Waals surface area contributed by atoms with E-state index in [1.54, 1.807) is 6.07 Å². The maximum absolute atomic E-state index is 10.4. The van der Waals surface area contributed by atoms with Gasteiger partial charge in [-0.25, -0.2) is 4.79 Å². The maximum atomic E-state index is 10.4. The fourth-order valence-corrected chi connectivity index (χ4v) is 1.10. The molecule has 0 radical (unpaired) electrons. The Bertz CT molecular complexity index is 298. The molecule has 4 heteroatoms. The zero-order valence-corrected chi connectivity index (χ0v) is 7.99. The lowest BCUT2D eigenvalue weighted by Gasteiger charge is -1.97. The quantitative estimate of drug-likeness (QED) is 0.784. The lowest BCUT2D eigenvalue weighted by Crippen LogP contribution is -1.99. The number of hydrogen-bond donors (Lipinski definition) is 1. The molecule has 1 N–H and O–H groups in total. The van der Waals surface area contributed by atoms with Gasteiger partial charge in [-0.1, -0.05) is 0 Å². The van der Waals surface area contributed by atoms with Gasteiger partial charge in [-0.05, 0) is 35.6 Å². The van der Waals surface area contributed by atoms with Gasteiger partial charge in [0.15, 0.2) is 0 Å². The van der Waals surface area contributed by atoms with Crippen LogP contribution in [0.1, 0.15) is 16.1 Å². The molecular formula is C7H6INO2. The predicted octanol–water partition coefficient (Wildman–Crippen LogP) is 1.69. The number of pyridine rings is 1. The number of carbonyl (C=O) groups is 1. The van der Waals surface area contributed by atoms with E-state index in [4.69, 9.17) is 5.11 Å². The van der Waals surface area contributed by atoms with E-state index >= 15 is 0 Å². The number of carboxylic acids is 1. The molecule has 11 heavy (non-hydrogen) atoms. The van der Waals surface area contributed by atoms with Crippen LogP contribution in [0.2, 0.25) is 0 Å². The number of aromatic nitrogens is 1. The van der Waals surface area contributed by atoms with Crippen LogP contribution in [0.3, 0.4) is 0 Å². The topological polar surface area (TPSA) is 50.2 Å². The lowest BCUT2D eigenvalue weighted by atomic mass is 10.2. The van der Waals surface area contributed by atoms with E-state index in [0.29, 0.717) is 0 Å². The third kappa shape index (κ3) is 1.89. The van der Waals surface area contributed by atoms with Gasteiger partial charge in [0.2, 0.25) is 0 Å². The Morgan fingerprint density at radius 2 is 2.36 bits per heavy atom. The minimum absolute atomic E-state index is 0.236. The molecule has 0 atom stereocenters. The number of aromatic carboxylic acids is 1. The number of hydrogen-bond acceptors (Lipinski definition) is 2. The Labute approximate surface area is 77.6 Å². The van der Waals surface area contributed by atoms with Gasteiger partial charge >= 0.3 is 5.97 Å². The van der Waals surface area contributed by atoms with Crippen molar-refractivity contribution in [3.63, 3.8) is 0 Å². The number of carboxylic acid groups (broad SMARTS) is 1. The summed E-state index contributed by atoms with van der Waals surface area (Å²) in [6, 6.07) is 1.60. The monoisotopic (exact) mass is 263 g/mol. The molecule has 0 bridgehead atoms. The zero-order chi connectivity index (χ0) is 8.43. The Kier molecular flexibility index (Phi) is 2.43. The molecule has 0 saturated carbocycles. The minimum atomic E-state index is -0.935. The highest BCUT2D eigenvalue weighted by molar-refractivity contribution is 14.1. The van der Waals surface area contributed by atoms with E-state index in [9.17, 15) is 4.79 Å². The van der Waals surface area contributed by atoms with Crippen LogP contribution in [0.4, 0.5) is 0 Å². The van der Waals surface area contributed by atoms with Crippen molar-refractivity contribution in [2.75, 3.05) is 0 Å². The minimum Gasteiger partial charge on any atom is -0.478 e. The number of aryl methyl sites for hydroxylation is 1. The summed E-state index contributed by atoms with van der Waals surface area (Å²) in [5, 5.41) is 8.56. The summed E-state index contributed by atoms with van der Waals surface area (Å²) in [6.45, 7) is 1.84. The summed E-state index contributed by atoms with van der Waals surface area (Å²) in [5.41, 5.74) is 1.09. The van der Waals surface area contributed by atoms with E-state index < -0.39 is 5.97 Å². The molecule has 1 heterocycles. The highest BCUT2D eigenvalue weighted by Crippen LogP contribution is 2.10. The zero-order valence-electron chi connectivity index (χ0n) is 5.84. The second-order valence-corrected chi connectivity index (χ2v) is 3.26. The molecule has 0 aromatic carbocycles. The van der Waals surface area contributed by atoms with Gasteiger partial charge in [-0.2, -0.15) is 0 Å². The van der Waals surface area contributed by atoms with E-state index in [1.165, 1.54) is 6.20 Å². The number of rotatable bonds is 1. The Morgan fingerprint density at radius 1 is 1.73 bits per heavy atom. The van der Waals surface area contributed by atoms with Gasteiger partial charge in [0.1, 0.15) is 0 Å². The fraction of sp³-hybridized carbons (Fsp3) is 0.143. The van der Waals surface area contributed by atoms with Crippen molar-refractivity contribution in [2.45, 2.75) is 6.92 Å². The number of halogens is 1. The molecule has 0 aliphatic heterocycles. The molecule has 0 aliphatic carbocycles. The fourth-order valence-electron chi connectivity index (χ4n) is 0.623. The van der Waals surface area contributed by atoms with E-state index in [-0.39, 0.29) is 5.56 Å². The van der Waals surface area contributed by atoms with Crippen LogP contribution in [-0.4, -0.2) is 16.1 Å². The molecule has 58 valence electrons. The summed E-state index contributed by atoms with van der Waals surface area (Å²) in [5.74, 6) is -0.935. The molecule has 0 aliphatic rings. The van der Waals surface area contributed by atoms with Crippen molar-refractivity contribution in [1.82, 2.24) is 4.98 Å². The van der Waals surface area contributed by atoms with Gasteiger partial charge in [0.25, 0.3) is 0 Å². The SMILES string of the molecule is Cc1ncc(C(=O)O)cc1I. The summed E-state index contributed by atoms with van der Waals surface area (Å²) in [6.07, 6.45) is 1.36. The predicted molar refractivity (Wildman–Crippen MR) is 48.7 cm³/mol. The van der Waals surface area contributed by atoms with Crippen molar-refractivity contribution in [1.29, 1.82) is 0 Å². The summed E-state index contributed by atoms with van der Waals surface area (Å²) in [4.78, 5) is 14.3. The van der Waals surface area contributed by atoms with Gasteiger partial charge in [-0.15, -0.1) is 0 Å². The van der Waals surface area contributed by atoms with Crippen molar-refractivity contribution >= 4 is 28.6 Å². The first kappa shape index (κ1) is 8.45. The van der Waals surface area contributed by atoms with Crippen LogP contribution in [0.5, 0.6) is 0 Å². The van der Waals surface area contributed by atoms with Crippen molar-refractivity contribution in [3.8, 4) is 0 Å². The second kappa shape index (κ2) is 3.17. The first-order chi connectivity index (χ1) is 5.11. The van der Waals surface area contributed by atoms with Crippen LogP contribution in [-0.2, 0) is 0 Å². The van der Waals surface area contributed by atoms with Crippen LogP contribution in [0.15, 0.2) is 12.3 Å². The normalized spacial score (nSPS) is 9.64. The van der Waals surface area contributed by atoms with Crippen LogP contribution in [0, 0.1) is 10.5 Å². The molecule has 1 aromatic rings. The third-order valence-electron chi connectivity index (χ3n) is 1.27. The molecule has 0 amide bonds. The molecule has 3 nitrogen and oxygen atoms in total. The number of nitrogens with zero attached hydrogens (tertiary/aromatic N) is 1. The first-order valence-corrected chi connectivity index (χ1v) is 4.04. The lowest BCUT2D eigenvalue weighted by molar-refractivity contribution is 0.0696. The molecule has 1 aromatic heterocycles.